The molecule has 1 heteroatoms. The van der Waals surface area contributed by atoms with Crippen molar-refractivity contribution in [2.45, 2.75) is 26.8 Å². The average Bonchev–Trinajstić information content (AvgIpc) is 2.21. The zero-order chi connectivity index (χ0) is 8.01. The van der Waals surface area contributed by atoms with Gasteiger partial charge in [-0.2, -0.15) is 0 Å². The van der Waals surface area contributed by atoms with Crippen LogP contribution in [0.4, 0.5) is 0 Å². The van der Waals surface area contributed by atoms with Crippen LogP contribution >= 0.6 is 0 Å². The van der Waals surface area contributed by atoms with Crippen LogP contribution in [0.2, 0.25) is 0 Å². The van der Waals surface area contributed by atoms with Crippen LogP contribution in [0.1, 0.15) is 20.8 Å². The van der Waals surface area contributed by atoms with Gasteiger partial charge in [0.1, 0.15) is 0 Å². The van der Waals surface area contributed by atoms with Crippen molar-refractivity contribution in [2.75, 3.05) is 0 Å². The lowest BCUT2D eigenvalue weighted by molar-refractivity contribution is 0.109. The van der Waals surface area contributed by atoms with Crippen molar-refractivity contribution in [3.05, 3.63) is 11.6 Å². The number of hydrogen-bond acceptors (Lipinski definition) is 1. The summed E-state index contributed by atoms with van der Waals surface area (Å²) >= 11 is 0. The molecule has 0 saturated heterocycles. The molecule has 1 saturated carbocycles. The molecular weight excluding hydrogens is 134 g/mol. The SMILES string of the molecule is CC1=CC2C(C)C(N=C1)C2C. The maximum absolute atomic E-state index is 4.54. The molecule has 0 N–H and O–H groups in total. The highest BCUT2D eigenvalue weighted by molar-refractivity contribution is 5.78. The fourth-order valence-corrected chi connectivity index (χ4v) is 2.39. The lowest BCUT2D eigenvalue weighted by Crippen LogP contribution is -2.45. The number of rotatable bonds is 0. The number of allylic oxidation sites excluding steroid dienone is 2. The summed E-state index contributed by atoms with van der Waals surface area (Å²) in [5, 5.41) is 0. The molecule has 2 bridgehead atoms. The third kappa shape index (κ3) is 0.867. The van der Waals surface area contributed by atoms with Gasteiger partial charge in [-0.3, -0.25) is 4.99 Å². The first-order chi connectivity index (χ1) is 5.20. The second kappa shape index (κ2) is 2.20. The second-order valence-corrected chi connectivity index (χ2v) is 3.98. The Hall–Kier alpha value is -0.590. The van der Waals surface area contributed by atoms with E-state index in [1.165, 1.54) is 5.57 Å². The lowest BCUT2D eigenvalue weighted by atomic mass is 9.62. The standard InChI is InChI=1S/C10H15N/c1-6-4-9-7(2)10(8(9)3)11-5-6/h4-5,7-10H,1-3H3. The molecule has 0 aromatic heterocycles. The minimum absolute atomic E-state index is 0.605. The smallest absolute Gasteiger partial charge is 0.0562 e. The van der Waals surface area contributed by atoms with E-state index in [2.05, 4.69) is 31.8 Å². The van der Waals surface area contributed by atoms with E-state index in [1.807, 2.05) is 6.21 Å². The van der Waals surface area contributed by atoms with Crippen LogP contribution in [0.15, 0.2) is 16.6 Å². The normalized spacial score (nSPS) is 47.7. The summed E-state index contributed by atoms with van der Waals surface area (Å²) in [4.78, 5) is 4.54. The first-order valence-corrected chi connectivity index (χ1v) is 4.42. The Kier molecular flexibility index (Phi) is 1.41. The van der Waals surface area contributed by atoms with Gasteiger partial charge in [-0.25, -0.2) is 0 Å². The minimum Gasteiger partial charge on any atom is -0.289 e. The largest absolute Gasteiger partial charge is 0.289 e. The Morgan fingerprint density at radius 1 is 1.27 bits per heavy atom. The quantitative estimate of drug-likeness (QED) is 0.501. The average molecular weight is 149 g/mol. The van der Waals surface area contributed by atoms with Gasteiger partial charge in [0.05, 0.1) is 6.04 Å². The molecule has 11 heavy (non-hydrogen) atoms. The summed E-state index contributed by atoms with van der Waals surface area (Å²) in [6, 6.07) is 0.605. The van der Waals surface area contributed by atoms with Crippen LogP contribution in [0.5, 0.6) is 0 Å². The molecule has 0 aromatic rings. The molecule has 60 valence electrons. The van der Waals surface area contributed by atoms with Crippen LogP contribution < -0.4 is 0 Å². The Morgan fingerprint density at radius 3 is 2.55 bits per heavy atom. The van der Waals surface area contributed by atoms with Gasteiger partial charge in [0.25, 0.3) is 0 Å². The highest BCUT2D eigenvalue weighted by Crippen LogP contribution is 2.44. The molecule has 0 spiro atoms. The van der Waals surface area contributed by atoms with E-state index in [1.54, 1.807) is 0 Å². The fraction of sp³-hybridized carbons (Fsp3) is 0.700. The second-order valence-electron chi connectivity index (χ2n) is 3.98. The molecular formula is C10H15N. The predicted octanol–water partition coefficient (Wildman–Crippen LogP) is 2.29. The Balaban J connectivity index is 2.30. The zero-order valence-corrected chi connectivity index (χ0v) is 7.41. The van der Waals surface area contributed by atoms with Crippen LogP contribution in [0.3, 0.4) is 0 Å². The summed E-state index contributed by atoms with van der Waals surface area (Å²) in [7, 11) is 0. The number of hydrogen-bond donors (Lipinski definition) is 0. The third-order valence-corrected chi connectivity index (χ3v) is 3.20. The van der Waals surface area contributed by atoms with Crippen LogP contribution in [-0.4, -0.2) is 12.3 Å². The van der Waals surface area contributed by atoms with Crippen LogP contribution in [0.25, 0.3) is 0 Å². The highest BCUT2D eigenvalue weighted by atomic mass is 14.9. The molecule has 3 aliphatic rings. The predicted molar refractivity (Wildman–Crippen MR) is 47.9 cm³/mol. The monoisotopic (exact) mass is 149 g/mol. The van der Waals surface area contributed by atoms with Crippen molar-refractivity contribution in [3.8, 4) is 0 Å². The molecule has 2 heterocycles. The van der Waals surface area contributed by atoms with Crippen molar-refractivity contribution >= 4 is 6.21 Å². The van der Waals surface area contributed by atoms with Crippen LogP contribution in [0, 0.1) is 17.8 Å². The van der Waals surface area contributed by atoms with Gasteiger partial charge in [-0.1, -0.05) is 19.9 Å². The Morgan fingerprint density at radius 2 is 1.91 bits per heavy atom. The summed E-state index contributed by atoms with van der Waals surface area (Å²) in [6.07, 6.45) is 4.41. The molecule has 1 fully saturated rings. The van der Waals surface area contributed by atoms with Gasteiger partial charge >= 0.3 is 0 Å². The summed E-state index contributed by atoms with van der Waals surface area (Å²) in [5.74, 6) is 2.35. The molecule has 2 unspecified atom stereocenters. The maximum atomic E-state index is 4.54. The van der Waals surface area contributed by atoms with Gasteiger partial charge in [0, 0.05) is 6.21 Å². The van der Waals surface area contributed by atoms with E-state index < -0.39 is 0 Å². The van der Waals surface area contributed by atoms with E-state index >= 15 is 0 Å². The van der Waals surface area contributed by atoms with Crippen molar-refractivity contribution in [1.29, 1.82) is 0 Å². The van der Waals surface area contributed by atoms with Crippen molar-refractivity contribution in [1.82, 2.24) is 0 Å². The Labute approximate surface area is 68.2 Å². The number of nitrogens with zero attached hydrogens (tertiary/aromatic N) is 1. The van der Waals surface area contributed by atoms with E-state index in [4.69, 9.17) is 0 Å². The minimum atomic E-state index is 0.605. The summed E-state index contributed by atoms with van der Waals surface area (Å²) in [5.41, 5.74) is 1.34. The number of aliphatic imine (C=N–C) groups is 1. The first-order valence-electron chi connectivity index (χ1n) is 4.42. The summed E-state index contributed by atoms with van der Waals surface area (Å²) in [6.45, 7) is 6.76. The molecule has 0 amide bonds. The van der Waals surface area contributed by atoms with Gasteiger partial charge in [0.15, 0.2) is 0 Å². The molecule has 1 aliphatic carbocycles. The Bertz CT molecular complexity index is 217. The number of fused-ring (bicyclic) bond motifs is 1. The van der Waals surface area contributed by atoms with Crippen molar-refractivity contribution in [2.24, 2.45) is 22.7 Å². The molecule has 1 nitrogen and oxygen atoms in total. The zero-order valence-electron chi connectivity index (χ0n) is 7.41. The lowest BCUT2D eigenvalue weighted by Gasteiger charge is -2.44. The molecule has 2 atom stereocenters. The van der Waals surface area contributed by atoms with Gasteiger partial charge in [-0.15, -0.1) is 0 Å². The first kappa shape index (κ1) is 7.08. The van der Waals surface area contributed by atoms with Crippen LogP contribution in [-0.2, 0) is 0 Å². The maximum Gasteiger partial charge on any atom is 0.0562 e. The molecule has 3 rings (SSSR count). The van der Waals surface area contributed by atoms with Gasteiger partial charge < -0.3 is 0 Å². The van der Waals surface area contributed by atoms with E-state index in [9.17, 15) is 0 Å². The summed E-state index contributed by atoms with van der Waals surface area (Å²) < 4.78 is 0. The topological polar surface area (TPSA) is 12.4 Å². The van der Waals surface area contributed by atoms with Gasteiger partial charge in [0.2, 0.25) is 0 Å². The van der Waals surface area contributed by atoms with Crippen molar-refractivity contribution in [3.63, 3.8) is 0 Å². The van der Waals surface area contributed by atoms with Crippen molar-refractivity contribution < 1.29 is 0 Å². The van der Waals surface area contributed by atoms with E-state index in [0.717, 1.165) is 17.8 Å². The van der Waals surface area contributed by atoms with Gasteiger partial charge in [-0.05, 0) is 30.3 Å². The van der Waals surface area contributed by atoms with E-state index in [-0.39, 0.29) is 0 Å². The molecule has 0 radical (unpaired) electrons. The molecule has 2 aliphatic heterocycles. The van der Waals surface area contributed by atoms with E-state index in [0.29, 0.717) is 6.04 Å². The fourth-order valence-electron chi connectivity index (χ4n) is 2.39. The molecule has 0 aromatic carbocycles. The highest BCUT2D eigenvalue weighted by Gasteiger charge is 2.44. The third-order valence-electron chi connectivity index (χ3n) is 3.20.